The fraction of sp³-hybridized carbons (Fsp3) is 0.429. The molecule has 0 amide bonds. The predicted octanol–water partition coefficient (Wildman–Crippen LogP) is 3.73. The van der Waals surface area contributed by atoms with E-state index in [4.69, 9.17) is 4.74 Å². The fourth-order valence-corrected chi connectivity index (χ4v) is 2.80. The van der Waals surface area contributed by atoms with Crippen LogP contribution in [-0.4, -0.2) is 14.8 Å². The summed E-state index contributed by atoms with van der Waals surface area (Å²) in [6, 6.07) is 4.52. The standard InChI is InChI=1S/C14H16BrN3O/c15-11-7-14(9-16-8-11)19-10-12-5-6-18(17-12)13-3-1-2-4-13/h5-9,13H,1-4,10H2. The molecule has 0 spiro atoms. The maximum Gasteiger partial charge on any atom is 0.139 e. The average molecular weight is 322 g/mol. The highest BCUT2D eigenvalue weighted by Crippen LogP contribution is 2.28. The first kappa shape index (κ1) is 12.7. The number of hydrogen-bond acceptors (Lipinski definition) is 3. The Bertz CT molecular complexity index is 549. The first-order valence-electron chi connectivity index (χ1n) is 6.58. The second kappa shape index (κ2) is 5.74. The third-order valence-corrected chi connectivity index (χ3v) is 3.86. The van der Waals surface area contributed by atoms with E-state index >= 15 is 0 Å². The zero-order valence-electron chi connectivity index (χ0n) is 10.6. The van der Waals surface area contributed by atoms with Gasteiger partial charge in [-0.15, -0.1) is 0 Å². The molecule has 0 unspecified atom stereocenters. The number of pyridine rings is 1. The van der Waals surface area contributed by atoms with Crippen LogP contribution < -0.4 is 4.74 Å². The van der Waals surface area contributed by atoms with E-state index < -0.39 is 0 Å². The third kappa shape index (κ3) is 3.15. The van der Waals surface area contributed by atoms with Gasteiger partial charge in [0.25, 0.3) is 0 Å². The lowest BCUT2D eigenvalue weighted by molar-refractivity contribution is 0.296. The summed E-state index contributed by atoms with van der Waals surface area (Å²) in [6.07, 6.45) is 10.6. The van der Waals surface area contributed by atoms with Crippen molar-refractivity contribution in [3.05, 3.63) is 40.9 Å². The summed E-state index contributed by atoms with van der Waals surface area (Å²) in [6.45, 7) is 0.484. The maximum absolute atomic E-state index is 5.68. The van der Waals surface area contributed by atoms with E-state index in [1.54, 1.807) is 12.4 Å². The molecule has 1 aliphatic carbocycles. The lowest BCUT2D eigenvalue weighted by Gasteiger charge is -2.09. The van der Waals surface area contributed by atoms with Gasteiger partial charge in [-0.25, -0.2) is 0 Å². The molecule has 0 saturated heterocycles. The van der Waals surface area contributed by atoms with Gasteiger partial charge in [0.05, 0.1) is 17.9 Å². The largest absolute Gasteiger partial charge is 0.486 e. The van der Waals surface area contributed by atoms with E-state index in [0.29, 0.717) is 12.6 Å². The highest BCUT2D eigenvalue weighted by molar-refractivity contribution is 9.10. The van der Waals surface area contributed by atoms with Gasteiger partial charge in [0, 0.05) is 16.9 Å². The van der Waals surface area contributed by atoms with Crippen molar-refractivity contribution in [2.24, 2.45) is 0 Å². The molecule has 0 bridgehead atoms. The van der Waals surface area contributed by atoms with Crippen molar-refractivity contribution in [1.29, 1.82) is 0 Å². The minimum atomic E-state index is 0.484. The number of aromatic nitrogens is 3. The number of ether oxygens (including phenoxy) is 1. The molecule has 1 fully saturated rings. The summed E-state index contributed by atoms with van der Waals surface area (Å²) in [7, 11) is 0. The Labute approximate surface area is 120 Å². The minimum Gasteiger partial charge on any atom is -0.486 e. The Kier molecular flexibility index (Phi) is 3.82. The van der Waals surface area contributed by atoms with Crippen LogP contribution in [0.15, 0.2) is 35.2 Å². The second-order valence-electron chi connectivity index (χ2n) is 4.85. The van der Waals surface area contributed by atoms with Crippen molar-refractivity contribution in [3.63, 3.8) is 0 Å². The van der Waals surface area contributed by atoms with Crippen LogP contribution in [0.5, 0.6) is 5.75 Å². The summed E-state index contributed by atoms with van der Waals surface area (Å²) in [5.74, 6) is 0.754. The van der Waals surface area contributed by atoms with Crippen molar-refractivity contribution in [3.8, 4) is 5.75 Å². The lowest BCUT2D eigenvalue weighted by atomic mass is 10.3. The Hall–Kier alpha value is -1.36. The molecule has 19 heavy (non-hydrogen) atoms. The van der Waals surface area contributed by atoms with Gasteiger partial charge < -0.3 is 4.74 Å². The highest BCUT2D eigenvalue weighted by atomic mass is 79.9. The SMILES string of the molecule is Brc1cncc(OCc2ccn(C3CCCC3)n2)c1. The van der Waals surface area contributed by atoms with E-state index in [2.05, 4.69) is 36.9 Å². The zero-order valence-corrected chi connectivity index (χ0v) is 12.2. The van der Waals surface area contributed by atoms with Crippen LogP contribution in [0.25, 0.3) is 0 Å². The van der Waals surface area contributed by atoms with Crippen LogP contribution in [0.3, 0.4) is 0 Å². The molecule has 4 nitrogen and oxygen atoms in total. The van der Waals surface area contributed by atoms with Gasteiger partial charge >= 0.3 is 0 Å². The van der Waals surface area contributed by atoms with Crippen molar-refractivity contribution in [1.82, 2.24) is 14.8 Å². The van der Waals surface area contributed by atoms with E-state index in [9.17, 15) is 0 Å². The normalized spacial score (nSPS) is 15.8. The van der Waals surface area contributed by atoms with Gasteiger partial charge in [-0.2, -0.15) is 5.10 Å². The average Bonchev–Trinajstić information content (AvgIpc) is 3.07. The first-order valence-corrected chi connectivity index (χ1v) is 7.38. The first-order chi connectivity index (χ1) is 9.31. The topological polar surface area (TPSA) is 39.9 Å². The van der Waals surface area contributed by atoms with Crippen LogP contribution in [-0.2, 0) is 6.61 Å². The Morgan fingerprint density at radius 3 is 2.95 bits per heavy atom. The van der Waals surface area contributed by atoms with Crippen LogP contribution in [0.1, 0.15) is 37.4 Å². The Morgan fingerprint density at radius 1 is 1.32 bits per heavy atom. The number of nitrogens with zero attached hydrogens (tertiary/aromatic N) is 3. The van der Waals surface area contributed by atoms with Gasteiger partial charge in [-0.05, 0) is 40.9 Å². The van der Waals surface area contributed by atoms with Crippen LogP contribution in [0.4, 0.5) is 0 Å². The molecule has 1 saturated carbocycles. The van der Waals surface area contributed by atoms with Crippen molar-refractivity contribution in [2.75, 3.05) is 0 Å². The predicted molar refractivity (Wildman–Crippen MR) is 76.0 cm³/mol. The molecule has 0 aliphatic heterocycles. The highest BCUT2D eigenvalue weighted by Gasteiger charge is 2.17. The quantitative estimate of drug-likeness (QED) is 0.861. The molecule has 0 atom stereocenters. The molecule has 0 radical (unpaired) electrons. The van der Waals surface area contributed by atoms with E-state index in [1.165, 1.54) is 25.7 Å². The van der Waals surface area contributed by atoms with Gasteiger partial charge in [-0.1, -0.05) is 12.8 Å². The van der Waals surface area contributed by atoms with Crippen molar-refractivity contribution >= 4 is 15.9 Å². The molecule has 3 rings (SSSR count). The summed E-state index contributed by atoms with van der Waals surface area (Å²) in [5.41, 5.74) is 0.965. The molecule has 0 aromatic carbocycles. The van der Waals surface area contributed by atoms with Crippen molar-refractivity contribution < 1.29 is 4.74 Å². The minimum absolute atomic E-state index is 0.484. The molecule has 1 aliphatic rings. The molecule has 100 valence electrons. The van der Waals surface area contributed by atoms with Gasteiger partial charge in [0.15, 0.2) is 0 Å². The molecule has 2 heterocycles. The summed E-state index contributed by atoms with van der Waals surface area (Å²) < 4.78 is 8.69. The summed E-state index contributed by atoms with van der Waals surface area (Å²) in [4.78, 5) is 4.07. The molecule has 2 aromatic rings. The second-order valence-corrected chi connectivity index (χ2v) is 5.77. The van der Waals surface area contributed by atoms with E-state index in [-0.39, 0.29) is 0 Å². The fourth-order valence-electron chi connectivity index (χ4n) is 2.46. The van der Waals surface area contributed by atoms with Gasteiger partial charge in [0.1, 0.15) is 12.4 Å². The van der Waals surface area contributed by atoms with Gasteiger partial charge in [-0.3, -0.25) is 9.67 Å². The third-order valence-electron chi connectivity index (χ3n) is 3.43. The summed E-state index contributed by atoms with van der Waals surface area (Å²) >= 11 is 3.37. The maximum atomic E-state index is 5.68. The molecule has 0 N–H and O–H groups in total. The molecular weight excluding hydrogens is 306 g/mol. The Balaban J connectivity index is 1.61. The van der Waals surface area contributed by atoms with Crippen LogP contribution >= 0.6 is 15.9 Å². The molecular formula is C14H16BrN3O. The monoisotopic (exact) mass is 321 g/mol. The zero-order chi connectivity index (χ0) is 13.1. The van der Waals surface area contributed by atoms with Gasteiger partial charge in [0.2, 0.25) is 0 Å². The summed E-state index contributed by atoms with van der Waals surface area (Å²) in [5, 5.41) is 4.59. The van der Waals surface area contributed by atoms with Crippen molar-refractivity contribution in [2.45, 2.75) is 38.3 Å². The molecule has 2 aromatic heterocycles. The van der Waals surface area contributed by atoms with E-state index in [0.717, 1.165) is 15.9 Å². The van der Waals surface area contributed by atoms with Crippen LogP contribution in [0.2, 0.25) is 0 Å². The number of rotatable bonds is 4. The van der Waals surface area contributed by atoms with Crippen LogP contribution in [0, 0.1) is 0 Å². The van der Waals surface area contributed by atoms with E-state index in [1.807, 2.05) is 12.1 Å². The number of hydrogen-bond donors (Lipinski definition) is 0. The Morgan fingerprint density at radius 2 is 2.16 bits per heavy atom. The number of halogens is 1. The lowest BCUT2D eigenvalue weighted by Crippen LogP contribution is -2.06. The molecule has 5 heteroatoms. The smallest absolute Gasteiger partial charge is 0.139 e.